The van der Waals surface area contributed by atoms with Gasteiger partial charge >= 0.3 is 0 Å². The summed E-state index contributed by atoms with van der Waals surface area (Å²) in [6.07, 6.45) is 1.69. The number of hydrogen-bond acceptors (Lipinski definition) is 2. The zero-order valence-electron chi connectivity index (χ0n) is 8.04. The summed E-state index contributed by atoms with van der Waals surface area (Å²) in [4.78, 5) is 0. The van der Waals surface area contributed by atoms with Gasteiger partial charge in [0.15, 0.2) is 0 Å². The molecule has 0 bridgehead atoms. The molecule has 2 nitrogen and oxygen atoms in total. The van der Waals surface area contributed by atoms with Crippen LogP contribution in [0.15, 0.2) is 24.8 Å². The quantitative estimate of drug-likeness (QED) is 0.680. The van der Waals surface area contributed by atoms with E-state index in [0.717, 1.165) is 16.7 Å². The number of phenols is 1. The highest BCUT2D eigenvalue weighted by molar-refractivity contribution is 5.43. The number of benzene rings is 1. The van der Waals surface area contributed by atoms with E-state index in [4.69, 9.17) is 5.73 Å². The second kappa shape index (κ2) is 3.62. The fourth-order valence-electron chi connectivity index (χ4n) is 1.32. The summed E-state index contributed by atoms with van der Waals surface area (Å²) in [6, 6.07) is 3.61. The Morgan fingerprint density at radius 2 is 1.85 bits per heavy atom. The Balaban J connectivity index is 3.20. The maximum Gasteiger partial charge on any atom is 0.121 e. The molecule has 0 amide bonds. The second-order valence-electron chi connectivity index (χ2n) is 3.26. The zero-order chi connectivity index (χ0) is 10.0. The number of rotatable bonds is 2. The van der Waals surface area contributed by atoms with Gasteiger partial charge in [-0.2, -0.15) is 0 Å². The summed E-state index contributed by atoms with van der Waals surface area (Å²) >= 11 is 0. The Bertz CT molecular complexity index is 308. The van der Waals surface area contributed by atoms with E-state index in [9.17, 15) is 5.11 Å². The van der Waals surface area contributed by atoms with Crippen molar-refractivity contribution < 1.29 is 5.11 Å². The molecular formula is C11H15NO. The molecule has 0 aromatic heterocycles. The molecule has 13 heavy (non-hydrogen) atoms. The molecule has 3 N–H and O–H groups in total. The van der Waals surface area contributed by atoms with Gasteiger partial charge in [-0.15, -0.1) is 6.58 Å². The third kappa shape index (κ3) is 1.90. The molecule has 0 fully saturated rings. The standard InChI is InChI=1S/C11H15NO/c1-4-10(12)9-5-7(2)11(13)8(3)6-9/h4-6,10,13H,1,12H2,2-3H3/t10-/m0/s1. The maximum absolute atomic E-state index is 9.52. The van der Waals surface area contributed by atoms with Crippen LogP contribution >= 0.6 is 0 Å². The highest BCUT2D eigenvalue weighted by atomic mass is 16.3. The first-order valence-electron chi connectivity index (χ1n) is 4.24. The highest BCUT2D eigenvalue weighted by Crippen LogP contribution is 2.25. The molecule has 0 unspecified atom stereocenters. The first-order valence-corrected chi connectivity index (χ1v) is 4.24. The van der Waals surface area contributed by atoms with Gasteiger partial charge in [0.2, 0.25) is 0 Å². The average Bonchev–Trinajstić information content (AvgIpc) is 2.12. The molecule has 70 valence electrons. The van der Waals surface area contributed by atoms with Gasteiger partial charge in [0.25, 0.3) is 0 Å². The van der Waals surface area contributed by atoms with Gasteiger partial charge in [0, 0.05) is 6.04 Å². The molecule has 1 atom stereocenters. The first-order chi connectivity index (χ1) is 6.06. The van der Waals surface area contributed by atoms with Gasteiger partial charge in [0.05, 0.1) is 0 Å². The van der Waals surface area contributed by atoms with Crippen molar-refractivity contribution in [2.45, 2.75) is 19.9 Å². The molecule has 0 spiro atoms. The Labute approximate surface area is 78.7 Å². The van der Waals surface area contributed by atoms with Crippen molar-refractivity contribution in [3.05, 3.63) is 41.5 Å². The number of nitrogens with two attached hydrogens (primary N) is 1. The Morgan fingerprint density at radius 3 is 2.23 bits per heavy atom. The predicted molar refractivity (Wildman–Crippen MR) is 54.7 cm³/mol. The van der Waals surface area contributed by atoms with Crippen LogP contribution in [0.5, 0.6) is 5.75 Å². The average molecular weight is 177 g/mol. The SMILES string of the molecule is C=C[C@H](N)c1cc(C)c(O)c(C)c1. The first kappa shape index (κ1) is 9.81. The number of phenolic OH excluding ortho intramolecular Hbond substituents is 1. The van der Waals surface area contributed by atoms with Gasteiger partial charge in [-0.3, -0.25) is 0 Å². The zero-order valence-corrected chi connectivity index (χ0v) is 8.04. The van der Waals surface area contributed by atoms with E-state index in [1.807, 2.05) is 26.0 Å². The van der Waals surface area contributed by atoms with E-state index in [1.165, 1.54) is 0 Å². The Morgan fingerprint density at radius 1 is 1.38 bits per heavy atom. The van der Waals surface area contributed by atoms with Crippen LogP contribution in [-0.4, -0.2) is 5.11 Å². The highest BCUT2D eigenvalue weighted by Gasteiger charge is 2.06. The number of aromatic hydroxyl groups is 1. The smallest absolute Gasteiger partial charge is 0.121 e. The van der Waals surface area contributed by atoms with Crippen molar-refractivity contribution in [2.75, 3.05) is 0 Å². The summed E-state index contributed by atoms with van der Waals surface area (Å²) < 4.78 is 0. The molecule has 0 radical (unpaired) electrons. The molecule has 0 aliphatic carbocycles. The van der Waals surface area contributed by atoms with Gasteiger partial charge in [-0.05, 0) is 30.5 Å². The predicted octanol–water partition coefficient (Wildman–Crippen LogP) is 2.19. The Hall–Kier alpha value is -1.28. The normalized spacial score (nSPS) is 12.5. The van der Waals surface area contributed by atoms with Gasteiger partial charge in [0.1, 0.15) is 5.75 Å². The van der Waals surface area contributed by atoms with E-state index >= 15 is 0 Å². The molecule has 1 aromatic carbocycles. The van der Waals surface area contributed by atoms with E-state index in [1.54, 1.807) is 6.08 Å². The third-order valence-corrected chi connectivity index (χ3v) is 2.15. The van der Waals surface area contributed by atoms with Crippen LogP contribution in [0.25, 0.3) is 0 Å². The van der Waals surface area contributed by atoms with Crippen molar-refractivity contribution in [3.63, 3.8) is 0 Å². The summed E-state index contributed by atoms with van der Waals surface area (Å²) in [7, 11) is 0. The lowest BCUT2D eigenvalue weighted by Gasteiger charge is -2.10. The van der Waals surface area contributed by atoms with Crippen LogP contribution in [0.4, 0.5) is 0 Å². The van der Waals surface area contributed by atoms with Crippen LogP contribution in [0, 0.1) is 13.8 Å². The van der Waals surface area contributed by atoms with Crippen molar-refractivity contribution in [2.24, 2.45) is 5.73 Å². The van der Waals surface area contributed by atoms with Crippen LogP contribution < -0.4 is 5.73 Å². The molecule has 0 aliphatic heterocycles. The summed E-state index contributed by atoms with van der Waals surface area (Å²) in [5, 5.41) is 9.52. The van der Waals surface area contributed by atoms with E-state index in [0.29, 0.717) is 5.75 Å². The monoisotopic (exact) mass is 177 g/mol. The molecule has 0 heterocycles. The Kier molecular flexibility index (Phi) is 2.73. The van der Waals surface area contributed by atoms with Gasteiger partial charge in [-0.1, -0.05) is 18.2 Å². The number of aryl methyl sites for hydroxylation is 2. The van der Waals surface area contributed by atoms with Crippen LogP contribution in [-0.2, 0) is 0 Å². The van der Waals surface area contributed by atoms with Crippen LogP contribution in [0.3, 0.4) is 0 Å². The number of hydrogen-bond donors (Lipinski definition) is 2. The summed E-state index contributed by atoms with van der Waals surface area (Å²) in [5.74, 6) is 0.347. The largest absolute Gasteiger partial charge is 0.507 e. The van der Waals surface area contributed by atoms with Crippen molar-refractivity contribution in [1.82, 2.24) is 0 Å². The molecule has 0 saturated heterocycles. The fraction of sp³-hybridized carbons (Fsp3) is 0.273. The third-order valence-electron chi connectivity index (χ3n) is 2.15. The molecular weight excluding hydrogens is 162 g/mol. The van der Waals surface area contributed by atoms with E-state index in [2.05, 4.69) is 6.58 Å². The van der Waals surface area contributed by atoms with Gasteiger partial charge in [-0.25, -0.2) is 0 Å². The maximum atomic E-state index is 9.52. The minimum atomic E-state index is -0.155. The lowest BCUT2D eigenvalue weighted by Crippen LogP contribution is -2.06. The van der Waals surface area contributed by atoms with E-state index in [-0.39, 0.29) is 6.04 Å². The van der Waals surface area contributed by atoms with E-state index < -0.39 is 0 Å². The molecule has 1 rings (SSSR count). The fourth-order valence-corrected chi connectivity index (χ4v) is 1.32. The summed E-state index contributed by atoms with van der Waals surface area (Å²) in [6.45, 7) is 7.36. The van der Waals surface area contributed by atoms with Crippen LogP contribution in [0.1, 0.15) is 22.7 Å². The lowest BCUT2D eigenvalue weighted by molar-refractivity contribution is 0.466. The molecule has 1 aromatic rings. The molecule has 0 saturated carbocycles. The minimum absolute atomic E-state index is 0.155. The van der Waals surface area contributed by atoms with Crippen LogP contribution in [0.2, 0.25) is 0 Å². The van der Waals surface area contributed by atoms with Gasteiger partial charge < -0.3 is 10.8 Å². The molecule has 2 heteroatoms. The van der Waals surface area contributed by atoms with Crippen molar-refractivity contribution in [3.8, 4) is 5.75 Å². The van der Waals surface area contributed by atoms with Crippen molar-refractivity contribution >= 4 is 0 Å². The lowest BCUT2D eigenvalue weighted by atomic mass is 10.0. The topological polar surface area (TPSA) is 46.2 Å². The van der Waals surface area contributed by atoms with Crippen molar-refractivity contribution in [1.29, 1.82) is 0 Å². The minimum Gasteiger partial charge on any atom is -0.507 e. The second-order valence-corrected chi connectivity index (χ2v) is 3.26. The molecule has 0 aliphatic rings. The summed E-state index contributed by atoms with van der Waals surface area (Å²) in [5.41, 5.74) is 8.48.